The van der Waals surface area contributed by atoms with Crippen LogP contribution in [-0.2, 0) is 4.79 Å². The molecule has 1 aromatic carbocycles. The molecule has 3 aliphatic rings. The van der Waals surface area contributed by atoms with E-state index in [2.05, 4.69) is 21.2 Å². The Balaban J connectivity index is 1.14. The molecule has 0 atom stereocenters. The number of nitrogens with zero attached hydrogens (tertiary/aromatic N) is 2. The van der Waals surface area contributed by atoms with Gasteiger partial charge in [0, 0.05) is 37.8 Å². The number of rotatable bonds is 6. The fourth-order valence-corrected chi connectivity index (χ4v) is 5.20. The molecule has 0 bridgehead atoms. The molecule has 0 spiro atoms. The highest BCUT2D eigenvalue weighted by Crippen LogP contribution is 2.28. The lowest BCUT2D eigenvalue weighted by Gasteiger charge is -2.37. The van der Waals surface area contributed by atoms with Gasteiger partial charge >= 0.3 is 0 Å². The average Bonchev–Trinajstić information content (AvgIpc) is 3.29. The molecule has 4 nitrogen and oxygen atoms in total. The molecule has 1 saturated heterocycles. The number of amides is 1. The van der Waals surface area contributed by atoms with Crippen molar-refractivity contribution in [3.8, 4) is 0 Å². The van der Waals surface area contributed by atoms with Gasteiger partial charge in [-0.25, -0.2) is 4.39 Å². The summed E-state index contributed by atoms with van der Waals surface area (Å²) in [6.07, 6.45) is 11.2. The molecule has 1 amide bonds. The van der Waals surface area contributed by atoms with E-state index >= 15 is 0 Å². The third-order valence-electron chi connectivity index (χ3n) is 7.18. The van der Waals surface area contributed by atoms with Crippen molar-refractivity contribution in [2.24, 2.45) is 5.92 Å². The van der Waals surface area contributed by atoms with E-state index in [0.29, 0.717) is 6.04 Å². The molecule has 0 radical (unpaired) electrons. The number of halogens is 1. The van der Waals surface area contributed by atoms with Crippen LogP contribution in [0.25, 0.3) is 0 Å². The van der Waals surface area contributed by atoms with E-state index in [1.807, 2.05) is 19.1 Å². The Morgan fingerprint density at radius 2 is 1.90 bits per heavy atom. The highest BCUT2D eigenvalue weighted by molar-refractivity contribution is 5.93. The molecule has 0 aromatic heterocycles. The van der Waals surface area contributed by atoms with E-state index in [4.69, 9.17) is 0 Å². The minimum Gasteiger partial charge on any atom is -0.367 e. The van der Waals surface area contributed by atoms with Crippen LogP contribution in [0.3, 0.4) is 0 Å². The second kappa shape index (κ2) is 9.95. The number of aryl methyl sites for hydroxylation is 1. The summed E-state index contributed by atoms with van der Waals surface area (Å²) in [7, 11) is 0. The van der Waals surface area contributed by atoms with Crippen molar-refractivity contribution in [3.63, 3.8) is 0 Å². The maximum atomic E-state index is 14.2. The average molecular weight is 414 g/mol. The molecule has 5 heteroatoms. The minimum atomic E-state index is -0.100. The van der Waals surface area contributed by atoms with E-state index < -0.39 is 0 Å². The number of allylic oxidation sites excluding steroid dienone is 1. The number of hydrogen-bond donors (Lipinski definition) is 1. The Labute approximate surface area is 180 Å². The Bertz CT molecular complexity index is 762. The summed E-state index contributed by atoms with van der Waals surface area (Å²) in [6, 6.07) is 5.91. The van der Waals surface area contributed by atoms with Crippen LogP contribution in [0.1, 0.15) is 56.9 Å². The van der Waals surface area contributed by atoms with Gasteiger partial charge in [-0.1, -0.05) is 12.1 Å². The Morgan fingerprint density at radius 3 is 2.57 bits per heavy atom. The fraction of sp³-hybridized carbons (Fsp3) is 0.640. The van der Waals surface area contributed by atoms with Crippen LogP contribution in [0.15, 0.2) is 29.8 Å². The molecular weight excluding hydrogens is 377 g/mol. The SMILES string of the molecule is Cc1ccc(N2CCN(CC[C@H]3CC[C@H](NC(=O)C4=CCCC4)CC3)CC2)c(F)c1. The highest BCUT2D eigenvalue weighted by atomic mass is 19.1. The van der Waals surface area contributed by atoms with Crippen molar-refractivity contribution in [1.82, 2.24) is 10.2 Å². The maximum Gasteiger partial charge on any atom is 0.247 e. The van der Waals surface area contributed by atoms with Gasteiger partial charge < -0.3 is 10.2 Å². The third kappa shape index (κ3) is 5.42. The Hall–Kier alpha value is -1.88. The minimum absolute atomic E-state index is 0.100. The lowest BCUT2D eigenvalue weighted by atomic mass is 9.84. The van der Waals surface area contributed by atoms with Gasteiger partial charge in [0.25, 0.3) is 0 Å². The summed E-state index contributed by atoms with van der Waals surface area (Å²) in [6.45, 7) is 6.88. The summed E-state index contributed by atoms with van der Waals surface area (Å²) >= 11 is 0. The maximum absolute atomic E-state index is 14.2. The molecule has 1 aromatic rings. The summed E-state index contributed by atoms with van der Waals surface area (Å²) in [4.78, 5) is 17.0. The molecule has 1 N–H and O–H groups in total. The molecule has 1 saturated carbocycles. The Kier molecular flexibility index (Phi) is 7.08. The second-order valence-corrected chi connectivity index (χ2v) is 9.38. The zero-order valence-corrected chi connectivity index (χ0v) is 18.3. The topological polar surface area (TPSA) is 35.6 Å². The van der Waals surface area contributed by atoms with E-state index in [1.165, 1.54) is 19.3 Å². The molecule has 164 valence electrons. The number of carbonyl (C=O) groups excluding carboxylic acids is 1. The number of benzene rings is 1. The smallest absolute Gasteiger partial charge is 0.247 e. The quantitative estimate of drug-likeness (QED) is 0.749. The fourth-order valence-electron chi connectivity index (χ4n) is 5.20. The van der Waals surface area contributed by atoms with Crippen LogP contribution in [-0.4, -0.2) is 49.6 Å². The van der Waals surface area contributed by atoms with Gasteiger partial charge in [0.15, 0.2) is 0 Å². The van der Waals surface area contributed by atoms with Gasteiger partial charge in [-0.15, -0.1) is 0 Å². The number of anilines is 1. The van der Waals surface area contributed by atoms with Crippen LogP contribution >= 0.6 is 0 Å². The Morgan fingerprint density at radius 1 is 1.13 bits per heavy atom. The van der Waals surface area contributed by atoms with E-state index in [1.54, 1.807) is 6.07 Å². The molecule has 0 unspecified atom stereocenters. The van der Waals surface area contributed by atoms with Crippen molar-refractivity contribution in [3.05, 3.63) is 41.2 Å². The summed E-state index contributed by atoms with van der Waals surface area (Å²) in [5.41, 5.74) is 2.72. The van der Waals surface area contributed by atoms with Gasteiger partial charge in [0.2, 0.25) is 5.91 Å². The van der Waals surface area contributed by atoms with Gasteiger partial charge in [0.1, 0.15) is 5.82 Å². The second-order valence-electron chi connectivity index (χ2n) is 9.38. The predicted molar refractivity (Wildman–Crippen MR) is 120 cm³/mol. The first kappa shape index (κ1) is 21.4. The lowest BCUT2D eigenvalue weighted by Crippen LogP contribution is -2.47. The summed E-state index contributed by atoms with van der Waals surface area (Å²) in [5, 5.41) is 3.26. The van der Waals surface area contributed by atoms with Crippen LogP contribution in [0, 0.1) is 18.7 Å². The highest BCUT2D eigenvalue weighted by Gasteiger charge is 2.25. The predicted octanol–water partition coefficient (Wildman–Crippen LogP) is 4.43. The molecule has 2 aliphatic carbocycles. The van der Waals surface area contributed by atoms with E-state index in [-0.39, 0.29) is 11.7 Å². The first-order valence-corrected chi connectivity index (χ1v) is 11.8. The molecule has 1 aliphatic heterocycles. The zero-order chi connectivity index (χ0) is 20.9. The van der Waals surface area contributed by atoms with E-state index in [0.717, 1.165) is 87.6 Å². The third-order valence-corrected chi connectivity index (χ3v) is 7.18. The van der Waals surface area contributed by atoms with Crippen molar-refractivity contribution < 1.29 is 9.18 Å². The molecular formula is C25H36FN3O. The van der Waals surface area contributed by atoms with E-state index in [9.17, 15) is 9.18 Å². The zero-order valence-electron chi connectivity index (χ0n) is 18.3. The molecule has 1 heterocycles. The summed E-state index contributed by atoms with van der Waals surface area (Å²) in [5.74, 6) is 0.853. The van der Waals surface area contributed by atoms with Crippen LogP contribution in [0.5, 0.6) is 0 Å². The van der Waals surface area contributed by atoms with Crippen LogP contribution in [0.2, 0.25) is 0 Å². The lowest BCUT2D eigenvalue weighted by molar-refractivity contribution is -0.118. The van der Waals surface area contributed by atoms with Gasteiger partial charge in [-0.05, 0) is 88.4 Å². The van der Waals surface area contributed by atoms with Crippen molar-refractivity contribution >= 4 is 11.6 Å². The van der Waals surface area contributed by atoms with Crippen molar-refractivity contribution in [1.29, 1.82) is 0 Å². The normalized spacial score (nSPS) is 25.3. The number of carbonyl (C=O) groups is 1. The van der Waals surface area contributed by atoms with Gasteiger partial charge in [0.05, 0.1) is 5.69 Å². The first-order chi connectivity index (χ1) is 14.6. The van der Waals surface area contributed by atoms with Crippen LogP contribution in [0.4, 0.5) is 10.1 Å². The largest absolute Gasteiger partial charge is 0.367 e. The number of nitrogens with one attached hydrogen (secondary N) is 1. The van der Waals surface area contributed by atoms with Crippen LogP contribution < -0.4 is 10.2 Å². The van der Waals surface area contributed by atoms with Crippen molar-refractivity contribution in [2.75, 3.05) is 37.6 Å². The molecule has 30 heavy (non-hydrogen) atoms. The first-order valence-electron chi connectivity index (χ1n) is 11.8. The number of piperazine rings is 1. The van der Waals surface area contributed by atoms with Gasteiger partial charge in [-0.2, -0.15) is 0 Å². The molecule has 2 fully saturated rings. The monoisotopic (exact) mass is 413 g/mol. The van der Waals surface area contributed by atoms with Crippen molar-refractivity contribution in [2.45, 2.75) is 64.3 Å². The summed E-state index contributed by atoms with van der Waals surface area (Å²) < 4.78 is 14.2. The number of hydrogen-bond acceptors (Lipinski definition) is 3. The standard InChI is InChI=1S/C25H36FN3O/c1-19-6-11-24(23(26)18-19)29-16-14-28(15-17-29)13-12-20-7-9-22(10-8-20)27-25(30)21-4-2-3-5-21/h4,6,11,18,20,22H,2-3,5,7-10,12-17H2,1H3,(H,27,30)/t20-,22-. The van der Waals surface area contributed by atoms with Gasteiger partial charge in [-0.3, -0.25) is 9.69 Å². The molecule has 4 rings (SSSR count).